The average Bonchev–Trinajstić information content (AvgIpc) is 2.80. The maximum Gasteiger partial charge on any atom is 0.339 e. The number of hydrogen-bond donors (Lipinski definition) is 4. The number of aromatic carboxylic acids is 4. The van der Waals surface area contributed by atoms with Gasteiger partial charge in [-0.3, -0.25) is 0 Å². The molecule has 0 aliphatic heterocycles. The molecule has 12 nitrogen and oxygen atoms in total. The predicted octanol–water partition coefficient (Wildman–Crippen LogP) is 2.59. The van der Waals surface area contributed by atoms with Gasteiger partial charge in [0, 0.05) is 0 Å². The van der Waals surface area contributed by atoms with Crippen molar-refractivity contribution in [1.82, 2.24) is 0 Å². The largest absolute Gasteiger partial charge is 0.489 e. The zero-order chi connectivity index (χ0) is 26.8. The highest BCUT2D eigenvalue weighted by Gasteiger charge is 2.22. The fraction of sp³-hybridized carbons (Fsp3) is 0.333. The summed E-state index contributed by atoms with van der Waals surface area (Å²) in [5, 5.41) is 37.3. The van der Waals surface area contributed by atoms with E-state index in [1.807, 2.05) is 0 Å². The molecule has 0 aliphatic carbocycles. The maximum atomic E-state index is 11.4. The van der Waals surface area contributed by atoms with Crippen molar-refractivity contribution in [1.29, 1.82) is 0 Å². The molecule has 0 spiro atoms. The third kappa shape index (κ3) is 7.68. The topological polar surface area (TPSA) is 186 Å². The lowest BCUT2D eigenvalue weighted by Gasteiger charge is -2.14. The standard InChI is InChI=1S/C24H26O12/c1-13-9-15(21(25)26)19(16(10-13)22(27)28)35-7-5-33-3-4-34-6-8-36-20-17(23(29)30)11-14(2)12-18(20)24(31)32/h9-12H,3-8H2,1-2H3,(H,25,26)(H,27,28)(H,29,30)(H,31,32). The lowest BCUT2D eigenvalue weighted by Crippen LogP contribution is -2.16. The predicted molar refractivity (Wildman–Crippen MR) is 123 cm³/mol. The third-order valence-corrected chi connectivity index (χ3v) is 4.71. The van der Waals surface area contributed by atoms with E-state index in [1.54, 1.807) is 13.8 Å². The van der Waals surface area contributed by atoms with Crippen molar-refractivity contribution < 1.29 is 58.6 Å². The highest BCUT2D eigenvalue weighted by atomic mass is 16.6. The molecule has 2 aromatic carbocycles. The van der Waals surface area contributed by atoms with Crippen molar-refractivity contribution in [3.63, 3.8) is 0 Å². The second-order valence-corrected chi connectivity index (χ2v) is 7.52. The molecule has 0 unspecified atom stereocenters. The molecule has 12 heteroatoms. The number of benzene rings is 2. The molecule has 2 aromatic rings. The fourth-order valence-electron chi connectivity index (χ4n) is 3.22. The lowest BCUT2D eigenvalue weighted by molar-refractivity contribution is 0.0265. The van der Waals surface area contributed by atoms with Gasteiger partial charge in [-0.25, -0.2) is 19.2 Å². The van der Waals surface area contributed by atoms with Crippen LogP contribution in [0.3, 0.4) is 0 Å². The van der Waals surface area contributed by atoms with E-state index in [9.17, 15) is 39.6 Å². The highest BCUT2D eigenvalue weighted by molar-refractivity contribution is 6.00. The van der Waals surface area contributed by atoms with E-state index in [2.05, 4.69) is 0 Å². The summed E-state index contributed by atoms with van der Waals surface area (Å²) in [6, 6.07) is 5.26. The average molecular weight is 506 g/mol. The second kappa shape index (κ2) is 13.1. The Kier molecular flexibility index (Phi) is 10.2. The first-order valence-corrected chi connectivity index (χ1v) is 10.7. The summed E-state index contributed by atoms with van der Waals surface area (Å²) < 4.78 is 21.4. The summed E-state index contributed by atoms with van der Waals surface area (Å²) in [5.41, 5.74) is -0.115. The fourth-order valence-corrected chi connectivity index (χ4v) is 3.22. The quantitative estimate of drug-likeness (QED) is 0.259. The Hall–Kier alpha value is -4.16. The van der Waals surface area contributed by atoms with E-state index in [-0.39, 0.29) is 73.4 Å². The van der Waals surface area contributed by atoms with Gasteiger partial charge in [-0.2, -0.15) is 0 Å². The van der Waals surface area contributed by atoms with Crippen LogP contribution in [-0.4, -0.2) is 83.9 Å². The molecule has 194 valence electrons. The molecule has 0 saturated carbocycles. The van der Waals surface area contributed by atoms with E-state index < -0.39 is 23.9 Å². The van der Waals surface area contributed by atoms with E-state index in [4.69, 9.17) is 18.9 Å². The Bertz CT molecular complexity index is 978. The van der Waals surface area contributed by atoms with Gasteiger partial charge < -0.3 is 39.4 Å². The van der Waals surface area contributed by atoms with Gasteiger partial charge in [0.25, 0.3) is 0 Å². The van der Waals surface area contributed by atoms with Crippen LogP contribution in [0.2, 0.25) is 0 Å². The van der Waals surface area contributed by atoms with E-state index >= 15 is 0 Å². The normalized spacial score (nSPS) is 10.6. The van der Waals surface area contributed by atoms with Crippen molar-refractivity contribution in [2.24, 2.45) is 0 Å². The second-order valence-electron chi connectivity index (χ2n) is 7.52. The van der Waals surface area contributed by atoms with Gasteiger partial charge in [0.1, 0.15) is 47.0 Å². The first-order chi connectivity index (χ1) is 17.0. The van der Waals surface area contributed by atoms with Crippen LogP contribution in [0.5, 0.6) is 11.5 Å². The van der Waals surface area contributed by atoms with Crippen molar-refractivity contribution in [3.8, 4) is 11.5 Å². The van der Waals surface area contributed by atoms with Crippen molar-refractivity contribution in [2.75, 3.05) is 39.6 Å². The summed E-state index contributed by atoms with van der Waals surface area (Å²) in [6.07, 6.45) is 0. The van der Waals surface area contributed by atoms with Crippen LogP contribution >= 0.6 is 0 Å². The molecule has 36 heavy (non-hydrogen) atoms. The molecule has 0 amide bonds. The molecule has 0 aliphatic rings. The zero-order valence-electron chi connectivity index (χ0n) is 19.6. The minimum atomic E-state index is -1.32. The van der Waals surface area contributed by atoms with E-state index in [1.165, 1.54) is 24.3 Å². The Morgan fingerprint density at radius 1 is 0.528 bits per heavy atom. The van der Waals surface area contributed by atoms with Gasteiger partial charge in [-0.05, 0) is 49.2 Å². The molecule has 0 aromatic heterocycles. The van der Waals surface area contributed by atoms with Crippen LogP contribution < -0.4 is 9.47 Å². The van der Waals surface area contributed by atoms with Gasteiger partial charge in [0.05, 0.1) is 26.4 Å². The number of carboxylic acid groups (broad SMARTS) is 4. The number of ether oxygens (including phenoxy) is 4. The molecular weight excluding hydrogens is 480 g/mol. The number of aryl methyl sites for hydroxylation is 2. The first-order valence-electron chi connectivity index (χ1n) is 10.7. The SMILES string of the molecule is Cc1cc(C(=O)O)c(OCCOCCOCCOc2c(C(=O)O)cc(C)cc2C(=O)O)c(C(=O)O)c1. The van der Waals surface area contributed by atoms with Crippen LogP contribution in [0.4, 0.5) is 0 Å². The van der Waals surface area contributed by atoms with Gasteiger partial charge in [0.15, 0.2) is 0 Å². The molecule has 0 bridgehead atoms. The first kappa shape index (κ1) is 28.1. The Balaban J connectivity index is 1.76. The minimum absolute atomic E-state index is 0.0269. The minimum Gasteiger partial charge on any atom is -0.489 e. The highest BCUT2D eigenvalue weighted by Crippen LogP contribution is 2.27. The van der Waals surface area contributed by atoms with Gasteiger partial charge in [-0.1, -0.05) is 0 Å². The summed E-state index contributed by atoms with van der Waals surface area (Å²) in [7, 11) is 0. The van der Waals surface area contributed by atoms with Crippen LogP contribution in [0, 0.1) is 13.8 Å². The van der Waals surface area contributed by atoms with Crippen LogP contribution in [0.1, 0.15) is 52.6 Å². The third-order valence-electron chi connectivity index (χ3n) is 4.71. The van der Waals surface area contributed by atoms with Crippen molar-refractivity contribution >= 4 is 23.9 Å². The molecule has 0 saturated heterocycles. The molecule has 0 radical (unpaired) electrons. The number of carboxylic acids is 4. The molecule has 0 heterocycles. The smallest absolute Gasteiger partial charge is 0.339 e. The summed E-state index contributed by atoms with van der Waals surface area (Å²) in [6.45, 7) is 3.26. The number of carbonyl (C=O) groups is 4. The zero-order valence-corrected chi connectivity index (χ0v) is 19.6. The number of hydrogen-bond acceptors (Lipinski definition) is 8. The monoisotopic (exact) mass is 506 g/mol. The van der Waals surface area contributed by atoms with Crippen LogP contribution in [0.15, 0.2) is 24.3 Å². The van der Waals surface area contributed by atoms with Gasteiger partial charge >= 0.3 is 23.9 Å². The molecular formula is C24H26O12. The Morgan fingerprint density at radius 3 is 1.03 bits per heavy atom. The molecule has 0 atom stereocenters. The van der Waals surface area contributed by atoms with Gasteiger partial charge in [-0.15, -0.1) is 0 Å². The Morgan fingerprint density at radius 2 is 0.778 bits per heavy atom. The molecule has 0 fully saturated rings. The Labute approximate surface area is 205 Å². The van der Waals surface area contributed by atoms with Crippen LogP contribution in [0.25, 0.3) is 0 Å². The maximum absolute atomic E-state index is 11.4. The van der Waals surface area contributed by atoms with Crippen molar-refractivity contribution in [3.05, 3.63) is 57.6 Å². The van der Waals surface area contributed by atoms with E-state index in [0.29, 0.717) is 11.1 Å². The van der Waals surface area contributed by atoms with Gasteiger partial charge in [0.2, 0.25) is 0 Å². The lowest BCUT2D eigenvalue weighted by atomic mass is 10.0. The van der Waals surface area contributed by atoms with Crippen LogP contribution in [-0.2, 0) is 9.47 Å². The van der Waals surface area contributed by atoms with E-state index in [0.717, 1.165) is 0 Å². The summed E-state index contributed by atoms with van der Waals surface area (Å²) in [5.74, 6) is -5.77. The summed E-state index contributed by atoms with van der Waals surface area (Å²) in [4.78, 5) is 45.7. The van der Waals surface area contributed by atoms with Crippen molar-refractivity contribution in [2.45, 2.75) is 13.8 Å². The number of rotatable bonds is 15. The molecule has 2 rings (SSSR count). The molecule has 4 N–H and O–H groups in total. The summed E-state index contributed by atoms with van der Waals surface area (Å²) >= 11 is 0.